The van der Waals surface area contributed by atoms with Gasteiger partial charge in [-0.25, -0.2) is 0 Å². The molecule has 20 heavy (non-hydrogen) atoms. The highest BCUT2D eigenvalue weighted by atomic mass is 79.9. The number of fused-ring (bicyclic) bond motifs is 1. The number of pyridine rings is 1. The number of nitrogens with zero attached hydrogens (tertiary/aromatic N) is 1. The molecule has 0 bridgehead atoms. The van der Waals surface area contributed by atoms with E-state index in [4.69, 9.17) is 0 Å². The topological polar surface area (TPSA) is 24.9 Å². The first-order chi connectivity index (χ1) is 9.74. The molecule has 0 unspecified atom stereocenters. The lowest BCUT2D eigenvalue weighted by Crippen LogP contribution is -2.01. The Kier molecular flexibility index (Phi) is 3.70. The fourth-order valence-electron chi connectivity index (χ4n) is 2.29. The summed E-state index contributed by atoms with van der Waals surface area (Å²) in [5.74, 6) is 0. The first kappa shape index (κ1) is 13.1. The standard InChI is InChI=1S/C17H15BrN2/c1-12-10-17(14-7-3-5-9-16(14)20-12)19-11-13-6-2-4-8-15(13)18/h2-10H,11H2,1H3,(H,19,20). The van der Waals surface area contributed by atoms with Crippen LogP contribution in [0.5, 0.6) is 0 Å². The minimum absolute atomic E-state index is 0.787. The van der Waals surface area contributed by atoms with Crippen LogP contribution in [0.15, 0.2) is 59.1 Å². The molecule has 3 rings (SSSR count). The molecular formula is C17H15BrN2. The Bertz CT molecular complexity index is 753. The van der Waals surface area contributed by atoms with Gasteiger partial charge in [-0.2, -0.15) is 0 Å². The number of anilines is 1. The second kappa shape index (κ2) is 5.63. The van der Waals surface area contributed by atoms with E-state index in [2.05, 4.69) is 56.6 Å². The summed E-state index contributed by atoms with van der Waals surface area (Å²) in [5.41, 5.74) is 4.43. The first-order valence-corrected chi connectivity index (χ1v) is 7.37. The second-order valence-corrected chi connectivity index (χ2v) is 5.63. The minimum Gasteiger partial charge on any atom is -0.380 e. The lowest BCUT2D eigenvalue weighted by atomic mass is 10.1. The number of halogens is 1. The Hall–Kier alpha value is -1.87. The van der Waals surface area contributed by atoms with E-state index < -0.39 is 0 Å². The van der Waals surface area contributed by atoms with Crippen LogP contribution < -0.4 is 5.32 Å². The van der Waals surface area contributed by atoms with Crippen LogP contribution >= 0.6 is 15.9 Å². The van der Waals surface area contributed by atoms with Gasteiger partial charge in [0.25, 0.3) is 0 Å². The van der Waals surface area contributed by atoms with Crippen molar-refractivity contribution in [1.29, 1.82) is 0 Å². The molecule has 0 fully saturated rings. The summed E-state index contributed by atoms with van der Waals surface area (Å²) >= 11 is 3.58. The zero-order valence-electron chi connectivity index (χ0n) is 11.2. The van der Waals surface area contributed by atoms with Gasteiger partial charge >= 0.3 is 0 Å². The Balaban J connectivity index is 1.93. The highest BCUT2D eigenvalue weighted by molar-refractivity contribution is 9.10. The first-order valence-electron chi connectivity index (χ1n) is 6.58. The predicted octanol–water partition coefficient (Wildman–Crippen LogP) is 4.92. The van der Waals surface area contributed by atoms with Gasteiger partial charge in [-0.15, -0.1) is 0 Å². The van der Waals surface area contributed by atoms with Gasteiger partial charge in [-0.05, 0) is 30.7 Å². The maximum absolute atomic E-state index is 4.56. The van der Waals surface area contributed by atoms with Crippen LogP contribution in [0, 0.1) is 6.92 Å². The fraction of sp³-hybridized carbons (Fsp3) is 0.118. The Labute approximate surface area is 127 Å². The molecule has 1 heterocycles. The van der Waals surface area contributed by atoms with E-state index in [1.54, 1.807) is 0 Å². The van der Waals surface area contributed by atoms with Crippen LogP contribution in [0.3, 0.4) is 0 Å². The number of aromatic nitrogens is 1. The maximum atomic E-state index is 4.56. The number of rotatable bonds is 3. The van der Waals surface area contributed by atoms with Crippen molar-refractivity contribution in [1.82, 2.24) is 4.98 Å². The smallest absolute Gasteiger partial charge is 0.0725 e. The van der Waals surface area contributed by atoms with Crippen LogP contribution in [-0.4, -0.2) is 4.98 Å². The molecule has 0 aliphatic rings. The molecule has 0 aliphatic heterocycles. The van der Waals surface area contributed by atoms with E-state index in [-0.39, 0.29) is 0 Å². The molecule has 3 heteroatoms. The molecule has 1 aromatic heterocycles. The average molecular weight is 327 g/mol. The van der Waals surface area contributed by atoms with Crippen LogP contribution in [0.1, 0.15) is 11.3 Å². The molecule has 2 aromatic carbocycles. The third-order valence-electron chi connectivity index (χ3n) is 3.27. The lowest BCUT2D eigenvalue weighted by Gasteiger charge is -2.11. The number of hydrogen-bond donors (Lipinski definition) is 1. The van der Waals surface area contributed by atoms with Crippen molar-refractivity contribution in [3.63, 3.8) is 0 Å². The van der Waals surface area contributed by atoms with Gasteiger partial charge in [0.2, 0.25) is 0 Å². The molecule has 1 N–H and O–H groups in total. The largest absolute Gasteiger partial charge is 0.380 e. The second-order valence-electron chi connectivity index (χ2n) is 4.77. The van der Waals surface area contributed by atoms with Crippen LogP contribution in [0.4, 0.5) is 5.69 Å². The monoisotopic (exact) mass is 326 g/mol. The minimum atomic E-state index is 0.787. The van der Waals surface area contributed by atoms with E-state index in [0.29, 0.717) is 0 Å². The maximum Gasteiger partial charge on any atom is 0.0725 e. The number of hydrogen-bond acceptors (Lipinski definition) is 2. The Morgan fingerprint density at radius 1 is 1.05 bits per heavy atom. The Morgan fingerprint density at radius 2 is 1.80 bits per heavy atom. The summed E-state index contributed by atoms with van der Waals surface area (Å²) in [4.78, 5) is 4.56. The fourth-order valence-corrected chi connectivity index (χ4v) is 2.71. The van der Waals surface area contributed by atoms with E-state index in [1.807, 2.05) is 31.2 Å². The van der Waals surface area contributed by atoms with E-state index in [0.717, 1.165) is 33.3 Å². The van der Waals surface area contributed by atoms with Gasteiger partial charge in [0.1, 0.15) is 0 Å². The van der Waals surface area contributed by atoms with E-state index in [9.17, 15) is 0 Å². The molecule has 0 radical (unpaired) electrons. The summed E-state index contributed by atoms with van der Waals surface area (Å²) in [6.45, 7) is 2.81. The number of aryl methyl sites for hydroxylation is 1. The molecular weight excluding hydrogens is 312 g/mol. The van der Waals surface area contributed by atoms with Gasteiger partial charge < -0.3 is 5.32 Å². The zero-order valence-corrected chi connectivity index (χ0v) is 12.8. The van der Waals surface area contributed by atoms with Crippen LogP contribution in [-0.2, 0) is 6.54 Å². The van der Waals surface area contributed by atoms with Crippen molar-refractivity contribution in [2.24, 2.45) is 0 Å². The Morgan fingerprint density at radius 3 is 2.65 bits per heavy atom. The number of para-hydroxylation sites is 1. The summed E-state index contributed by atoms with van der Waals surface area (Å²) in [7, 11) is 0. The molecule has 3 aromatic rings. The zero-order chi connectivity index (χ0) is 13.9. The van der Waals surface area contributed by atoms with Crippen LogP contribution in [0.2, 0.25) is 0 Å². The molecule has 0 saturated heterocycles. The molecule has 2 nitrogen and oxygen atoms in total. The number of benzene rings is 2. The SMILES string of the molecule is Cc1cc(NCc2ccccc2Br)c2ccccc2n1. The molecule has 0 atom stereocenters. The van der Waals surface area contributed by atoms with Crippen molar-refractivity contribution in [3.05, 3.63) is 70.3 Å². The molecule has 100 valence electrons. The van der Waals surface area contributed by atoms with Crippen molar-refractivity contribution < 1.29 is 0 Å². The lowest BCUT2D eigenvalue weighted by molar-refractivity contribution is 1.13. The normalized spacial score (nSPS) is 10.7. The summed E-state index contributed by atoms with van der Waals surface area (Å²) in [6, 6.07) is 18.6. The van der Waals surface area contributed by atoms with Gasteiger partial charge in [0.05, 0.1) is 5.52 Å². The average Bonchev–Trinajstić information content (AvgIpc) is 2.46. The van der Waals surface area contributed by atoms with E-state index in [1.165, 1.54) is 5.56 Å². The predicted molar refractivity (Wildman–Crippen MR) is 87.9 cm³/mol. The summed E-state index contributed by atoms with van der Waals surface area (Å²) < 4.78 is 1.13. The quantitative estimate of drug-likeness (QED) is 0.739. The van der Waals surface area contributed by atoms with Crippen molar-refractivity contribution in [2.45, 2.75) is 13.5 Å². The summed E-state index contributed by atoms with van der Waals surface area (Å²) in [5, 5.41) is 4.67. The van der Waals surface area contributed by atoms with E-state index >= 15 is 0 Å². The van der Waals surface area contributed by atoms with Crippen molar-refractivity contribution in [2.75, 3.05) is 5.32 Å². The van der Waals surface area contributed by atoms with Crippen molar-refractivity contribution >= 4 is 32.5 Å². The van der Waals surface area contributed by atoms with Gasteiger partial charge in [-0.1, -0.05) is 52.3 Å². The van der Waals surface area contributed by atoms with Crippen LogP contribution in [0.25, 0.3) is 10.9 Å². The highest BCUT2D eigenvalue weighted by Crippen LogP contribution is 2.24. The van der Waals surface area contributed by atoms with Crippen molar-refractivity contribution in [3.8, 4) is 0 Å². The molecule has 0 aliphatic carbocycles. The van der Waals surface area contributed by atoms with Gasteiger partial charge in [-0.3, -0.25) is 4.98 Å². The van der Waals surface area contributed by atoms with Gasteiger partial charge in [0, 0.05) is 27.8 Å². The molecule has 0 amide bonds. The number of nitrogens with one attached hydrogen (secondary N) is 1. The molecule has 0 spiro atoms. The van der Waals surface area contributed by atoms with Gasteiger partial charge in [0.15, 0.2) is 0 Å². The molecule has 0 saturated carbocycles. The highest BCUT2D eigenvalue weighted by Gasteiger charge is 2.04. The third-order valence-corrected chi connectivity index (χ3v) is 4.04. The third kappa shape index (κ3) is 2.68. The summed E-state index contributed by atoms with van der Waals surface area (Å²) in [6.07, 6.45) is 0.